The Morgan fingerprint density at radius 2 is 2.50 bits per heavy atom. The van der Waals surface area contributed by atoms with Crippen LogP contribution < -0.4 is 5.32 Å². The second-order valence-electron chi connectivity index (χ2n) is 1.96. The van der Waals surface area contributed by atoms with Gasteiger partial charge >= 0.3 is 6.01 Å². The van der Waals surface area contributed by atoms with E-state index in [1.807, 2.05) is 0 Å². The van der Waals surface area contributed by atoms with Gasteiger partial charge in [0.25, 0.3) is 0 Å². The summed E-state index contributed by atoms with van der Waals surface area (Å²) in [6.07, 6.45) is 1.55. The summed E-state index contributed by atoms with van der Waals surface area (Å²) in [4.78, 5) is 14.2. The van der Waals surface area contributed by atoms with Gasteiger partial charge < -0.3 is 4.42 Å². The molecule has 0 aliphatic heterocycles. The molecule has 54 valence electrons. The minimum atomic E-state index is -0.179. The summed E-state index contributed by atoms with van der Waals surface area (Å²) in [5.41, 5.74) is 0. The largest absolute Gasteiger partial charge is 0.429 e. The molecule has 4 heteroatoms. The molecule has 1 N–H and O–H groups in total. The fourth-order valence-corrected chi connectivity index (χ4v) is 0.563. The molecule has 1 heterocycles. The predicted molar refractivity (Wildman–Crippen MR) is 35.5 cm³/mol. The molecule has 0 atom stereocenters. The Morgan fingerprint density at radius 3 is 2.90 bits per heavy atom. The summed E-state index contributed by atoms with van der Waals surface area (Å²) in [5, 5.41) is 2.41. The van der Waals surface area contributed by atoms with Crippen molar-refractivity contribution in [3.8, 4) is 0 Å². The maximum absolute atomic E-state index is 10.4. The van der Waals surface area contributed by atoms with E-state index in [1.165, 1.54) is 6.92 Å². The summed E-state index contributed by atoms with van der Waals surface area (Å²) in [5.74, 6) is 0.505. The van der Waals surface area contributed by atoms with Crippen molar-refractivity contribution in [2.45, 2.75) is 13.8 Å². The molecule has 0 aliphatic carbocycles. The number of hydrogen-bond acceptors (Lipinski definition) is 3. The molecule has 0 saturated heterocycles. The first-order valence-electron chi connectivity index (χ1n) is 2.88. The zero-order chi connectivity index (χ0) is 7.56. The van der Waals surface area contributed by atoms with E-state index >= 15 is 0 Å². The van der Waals surface area contributed by atoms with Crippen LogP contribution in [0.5, 0.6) is 0 Å². The van der Waals surface area contributed by atoms with Crippen molar-refractivity contribution in [3.05, 3.63) is 12.0 Å². The molecule has 0 spiro atoms. The van der Waals surface area contributed by atoms with Gasteiger partial charge in [-0.05, 0) is 6.92 Å². The van der Waals surface area contributed by atoms with Gasteiger partial charge in [-0.3, -0.25) is 10.1 Å². The number of aryl methyl sites for hydroxylation is 1. The monoisotopic (exact) mass is 140 g/mol. The first kappa shape index (κ1) is 6.80. The van der Waals surface area contributed by atoms with Crippen LogP contribution in [0.4, 0.5) is 6.01 Å². The lowest BCUT2D eigenvalue weighted by atomic mass is 10.6. The van der Waals surface area contributed by atoms with Crippen molar-refractivity contribution in [3.63, 3.8) is 0 Å². The van der Waals surface area contributed by atoms with Crippen molar-refractivity contribution in [1.29, 1.82) is 0 Å². The fraction of sp³-hybridized carbons (Fsp3) is 0.333. The highest BCUT2D eigenvalue weighted by Crippen LogP contribution is 2.05. The number of carbonyl (C=O) groups excluding carboxylic acids is 1. The van der Waals surface area contributed by atoms with Crippen molar-refractivity contribution in [1.82, 2.24) is 4.98 Å². The predicted octanol–water partition coefficient (Wildman–Crippen LogP) is 0.941. The summed E-state index contributed by atoms with van der Waals surface area (Å²) in [6.45, 7) is 3.16. The summed E-state index contributed by atoms with van der Waals surface area (Å²) < 4.78 is 4.95. The lowest BCUT2D eigenvalue weighted by Crippen LogP contribution is -2.05. The number of anilines is 1. The van der Waals surface area contributed by atoms with Crippen LogP contribution in [0.2, 0.25) is 0 Å². The number of nitrogens with one attached hydrogen (secondary N) is 1. The van der Waals surface area contributed by atoms with Gasteiger partial charge in [-0.15, -0.1) is 0 Å². The Kier molecular flexibility index (Phi) is 1.71. The average Bonchev–Trinajstić information content (AvgIpc) is 2.13. The Bertz CT molecular complexity index is 242. The van der Waals surface area contributed by atoms with E-state index < -0.39 is 0 Å². The van der Waals surface area contributed by atoms with Crippen LogP contribution in [0.25, 0.3) is 0 Å². The molecule has 4 nitrogen and oxygen atoms in total. The molecule has 1 amide bonds. The van der Waals surface area contributed by atoms with Gasteiger partial charge in [0.2, 0.25) is 5.91 Å². The molecule has 1 aromatic rings. The topological polar surface area (TPSA) is 55.1 Å². The maximum atomic E-state index is 10.4. The number of aromatic nitrogens is 1. The second kappa shape index (κ2) is 2.51. The van der Waals surface area contributed by atoms with Crippen molar-refractivity contribution in [2.24, 2.45) is 0 Å². The van der Waals surface area contributed by atoms with Gasteiger partial charge in [0.05, 0.1) is 6.20 Å². The lowest BCUT2D eigenvalue weighted by Gasteiger charge is -1.90. The molecule has 0 bridgehead atoms. The first-order valence-corrected chi connectivity index (χ1v) is 2.88. The second-order valence-corrected chi connectivity index (χ2v) is 1.96. The molecule has 0 aromatic carbocycles. The molecular weight excluding hydrogens is 132 g/mol. The van der Waals surface area contributed by atoms with Gasteiger partial charge in [-0.25, -0.2) is 4.98 Å². The van der Waals surface area contributed by atoms with Crippen LogP contribution in [-0.2, 0) is 4.79 Å². The molecule has 0 aliphatic rings. The zero-order valence-electron chi connectivity index (χ0n) is 5.84. The molecular formula is C6H8N2O2. The van der Waals surface area contributed by atoms with E-state index in [2.05, 4.69) is 10.3 Å². The minimum absolute atomic E-state index is 0.179. The molecule has 0 radical (unpaired) electrons. The van der Waals surface area contributed by atoms with E-state index in [0.29, 0.717) is 5.76 Å². The molecule has 10 heavy (non-hydrogen) atoms. The van der Waals surface area contributed by atoms with Gasteiger partial charge in [0.15, 0.2) is 0 Å². The van der Waals surface area contributed by atoms with Crippen LogP contribution in [0, 0.1) is 6.92 Å². The van der Waals surface area contributed by atoms with Gasteiger partial charge in [-0.1, -0.05) is 0 Å². The van der Waals surface area contributed by atoms with E-state index in [9.17, 15) is 4.79 Å². The highest BCUT2D eigenvalue weighted by Gasteiger charge is 1.99. The summed E-state index contributed by atoms with van der Waals surface area (Å²) in [7, 11) is 0. The summed E-state index contributed by atoms with van der Waals surface area (Å²) in [6, 6.07) is 0.255. The van der Waals surface area contributed by atoms with Crippen molar-refractivity contribution < 1.29 is 9.21 Å². The molecule has 0 fully saturated rings. The molecule has 0 saturated carbocycles. The smallest absolute Gasteiger partial charge is 0.301 e. The van der Waals surface area contributed by atoms with E-state index in [-0.39, 0.29) is 11.9 Å². The zero-order valence-corrected chi connectivity index (χ0v) is 5.84. The maximum Gasteiger partial charge on any atom is 0.301 e. The standard InChI is InChI=1S/C6H8N2O2/c1-4-3-7-6(10-4)8-5(2)9/h3H,1-2H3,(H,7,8,9). The molecule has 1 rings (SSSR count). The quantitative estimate of drug-likeness (QED) is 0.631. The number of rotatable bonds is 1. The third-order valence-corrected chi connectivity index (χ3v) is 0.904. The Morgan fingerprint density at radius 1 is 1.80 bits per heavy atom. The Hall–Kier alpha value is -1.32. The van der Waals surface area contributed by atoms with Gasteiger partial charge in [0.1, 0.15) is 5.76 Å². The lowest BCUT2D eigenvalue weighted by molar-refractivity contribution is -0.114. The van der Waals surface area contributed by atoms with Crippen LogP contribution in [0.15, 0.2) is 10.6 Å². The van der Waals surface area contributed by atoms with E-state index in [1.54, 1.807) is 13.1 Å². The van der Waals surface area contributed by atoms with E-state index in [4.69, 9.17) is 4.42 Å². The Balaban J connectivity index is 2.67. The number of amides is 1. The van der Waals surface area contributed by atoms with Crippen molar-refractivity contribution in [2.75, 3.05) is 5.32 Å². The number of hydrogen-bond donors (Lipinski definition) is 1. The van der Waals surface area contributed by atoms with Gasteiger partial charge in [-0.2, -0.15) is 0 Å². The van der Waals surface area contributed by atoms with Crippen LogP contribution in [-0.4, -0.2) is 10.9 Å². The highest BCUT2D eigenvalue weighted by atomic mass is 16.4. The van der Waals surface area contributed by atoms with E-state index in [0.717, 1.165) is 0 Å². The molecule has 0 unspecified atom stereocenters. The van der Waals surface area contributed by atoms with Crippen LogP contribution >= 0.6 is 0 Å². The Labute approximate surface area is 58.3 Å². The number of nitrogens with zero attached hydrogens (tertiary/aromatic N) is 1. The minimum Gasteiger partial charge on any atom is -0.429 e. The number of carbonyl (C=O) groups is 1. The van der Waals surface area contributed by atoms with Crippen LogP contribution in [0.1, 0.15) is 12.7 Å². The third-order valence-electron chi connectivity index (χ3n) is 0.904. The highest BCUT2D eigenvalue weighted by molar-refractivity contribution is 5.86. The van der Waals surface area contributed by atoms with Gasteiger partial charge in [0, 0.05) is 6.92 Å². The fourth-order valence-electron chi connectivity index (χ4n) is 0.563. The normalized spacial score (nSPS) is 9.40. The SMILES string of the molecule is CC(=O)Nc1ncc(C)o1. The number of oxazole rings is 1. The summed E-state index contributed by atoms with van der Waals surface area (Å²) >= 11 is 0. The third kappa shape index (κ3) is 1.58. The average molecular weight is 140 g/mol. The molecule has 1 aromatic heterocycles. The van der Waals surface area contributed by atoms with Crippen LogP contribution in [0.3, 0.4) is 0 Å². The van der Waals surface area contributed by atoms with Crippen molar-refractivity contribution >= 4 is 11.9 Å². The first-order chi connectivity index (χ1) is 4.68.